The Morgan fingerprint density at radius 2 is 2.17 bits per heavy atom. The number of hydrogen-bond donors (Lipinski definition) is 1. The van der Waals surface area contributed by atoms with Crippen molar-refractivity contribution >= 4 is 23.4 Å². The van der Waals surface area contributed by atoms with Crippen LogP contribution < -0.4 is 5.32 Å². The van der Waals surface area contributed by atoms with Gasteiger partial charge in [0.15, 0.2) is 0 Å². The quantitative estimate of drug-likeness (QED) is 0.797. The molecule has 3 nitrogen and oxygen atoms in total. The molecule has 1 heterocycles. The van der Waals surface area contributed by atoms with E-state index >= 15 is 0 Å². The molecule has 18 heavy (non-hydrogen) atoms. The minimum absolute atomic E-state index is 0.471. The Labute approximate surface area is 120 Å². The number of nitrogens with zero attached hydrogens (tertiary/aromatic N) is 2. The fourth-order valence-corrected chi connectivity index (χ4v) is 2.89. The average molecular weight is 290 g/mol. The zero-order valence-electron chi connectivity index (χ0n) is 11.8. The van der Waals surface area contributed by atoms with E-state index in [4.69, 9.17) is 11.6 Å². The molecule has 0 aliphatic rings. The third-order valence-corrected chi connectivity index (χ3v) is 4.17. The number of nitrogens with one attached hydrogen (secondary N) is 1. The average Bonchev–Trinajstić information content (AvgIpc) is 2.63. The van der Waals surface area contributed by atoms with Crippen LogP contribution in [0.2, 0.25) is 5.02 Å². The van der Waals surface area contributed by atoms with Crippen molar-refractivity contribution in [3.63, 3.8) is 0 Å². The molecule has 0 spiro atoms. The maximum absolute atomic E-state index is 6.35. The van der Waals surface area contributed by atoms with Crippen LogP contribution in [0, 0.1) is 6.92 Å². The number of rotatable bonds is 8. The zero-order chi connectivity index (χ0) is 13.5. The third kappa shape index (κ3) is 4.18. The molecule has 0 amide bonds. The largest absolute Gasteiger partial charge is 0.313 e. The van der Waals surface area contributed by atoms with Gasteiger partial charge in [0.05, 0.1) is 16.4 Å². The smallest absolute Gasteiger partial charge is 0.0847 e. The van der Waals surface area contributed by atoms with Crippen molar-refractivity contribution in [2.45, 2.75) is 46.2 Å². The summed E-state index contributed by atoms with van der Waals surface area (Å²) in [4.78, 5) is 0. The van der Waals surface area contributed by atoms with Gasteiger partial charge in [0, 0.05) is 24.8 Å². The first-order valence-corrected chi connectivity index (χ1v) is 8.35. The number of thioether (sulfide) groups is 1. The summed E-state index contributed by atoms with van der Waals surface area (Å²) in [5.41, 5.74) is 2.10. The van der Waals surface area contributed by atoms with E-state index in [1.165, 1.54) is 5.69 Å². The highest BCUT2D eigenvalue weighted by atomic mass is 35.5. The molecule has 0 bridgehead atoms. The predicted octanol–water partition coefficient (Wildman–Crippen LogP) is 3.14. The summed E-state index contributed by atoms with van der Waals surface area (Å²) in [7, 11) is 0. The fraction of sp³-hybridized carbons (Fsp3) is 0.769. The lowest BCUT2D eigenvalue weighted by Crippen LogP contribution is -2.34. The highest BCUT2D eigenvalue weighted by Crippen LogP contribution is 2.22. The summed E-state index contributed by atoms with van der Waals surface area (Å²) in [5, 5.41) is 8.89. The summed E-state index contributed by atoms with van der Waals surface area (Å²) < 4.78 is 2.03. The van der Waals surface area contributed by atoms with E-state index in [0.717, 1.165) is 42.4 Å². The predicted molar refractivity (Wildman–Crippen MR) is 81.8 cm³/mol. The van der Waals surface area contributed by atoms with Crippen LogP contribution in [-0.4, -0.2) is 34.4 Å². The van der Waals surface area contributed by atoms with Crippen LogP contribution in [0.1, 0.15) is 31.7 Å². The monoisotopic (exact) mass is 289 g/mol. The van der Waals surface area contributed by atoms with Crippen molar-refractivity contribution in [2.24, 2.45) is 0 Å². The van der Waals surface area contributed by atoms with Crippen molar-refractivity contribution < 1.29 is 0 Å². The molecule has 0 saturated heterocycles. The third-order valence-electron chi connectivity index (χ3n) is 2.94. The van der Waals surface area contributed by atoms with Crippen molar-refractivity contribution in [3.05, 3.63) is 16.4 Å². The van der Waals surface area contributed by atoms with Crippen molar-refractivity contribution in [1.82, 2.24) is 15.1 Å². The highest BCUT2D eigenvalue weighted by Gasteiger charge is 2.17. The molecule has 104 valence electrons. The van der Waals surface area contributed by atoms with E-state index in [9.17, 15) is 0 Å². The van der Waals surface area contributed by atoms with E-state index in [-0.39, 0.29) is 0 Å². The van der Waals surface area contributed by atoms with Crippen LogP contribution in [0.25, 0.3) is 0 Å². The molecule has 1 N–H and O–H groups in total. The second-order valence-corrected chi connectivity index (χ2v) is 5.76. The van der Waals surface area contributed by atoms with Gasteiger partial charge in [-0.15, -0.1) is 0 Å². The first-order chi connectivity index (χ1) is 8.63. The van der Waals surface area contributed by atoms with Gasteiger partial charge >= 0.3 is 0 Å². The highest BCUT2D eigenvalue weighted by molar-refractivity contribution is 7.98. The van der Waals surface area contributed by atoms with E-state index < -0.39 is 0 Å². The summed E-state index contributed by atoms with van der Waals surface area (Å²) in [6.07, 6.45) is 4.25. The number of halogens is 1. The van der Waals surface area contributed by atoms with Crippen molar-refractivity contribution in [3.8, 4) is 0 Å². The lowest BCUT2D eigenvalue weighted by atomic mass is 10.1. The van der Waals surface area contributed by atoms with Gasteiger partial charge in [-0.2, -0.15) is 16.9 Å². The number of aromatic nitrogens is 2. The van der Waals surface area contributed by atoms with E-state index in [1.807, 2.05) is 23.4 Å². The summed E-state index contributed by atoms with van der Waals surface area (Å²) in [6.45, 7) is 8.21. The van der Waals surface area contributed by atoms with Crippen LogP contribution in [0.4, 0.5) is 0 Å². The maximum Gasteiger partial charge on any atom is 0.0847 e. The maximum atomic E-state index is 6.35. The molecule has 0 aromatic carbocycles. The van der Waals surface area contributed by atoms with Crippen LogP contribution >= 0.6 is 23.4 Å². The summed E-state index contributed by atoms with van der Waals surface area (Å²) in [6, 6.07) is 0.471. The standard InChI is InChI=1S/C13H24ClN3S/c1-5-7-15-11(9-18-4)8-12-13(14)10(3)16-17(12)6-2/h11,15H,5-9H2,1-4H3. The first-order valence-electron chi connectivity index (χ1n) is 6.58. The Kier molecular flexibility index (Phi) is 7.12. The Bertz CT molecular complexity index is 365. The molecule has 5 heteroatoms. The minimum Gasteiger partial charge on any atom is -0.313 e. The SMILES string of the molecule is CCCNC(CSC)Cc1c(Cl)c(C)nn1CC. The molecular formula is C13H24ClN3S. The van der Waals surface area contributed by atoms with E-state index in [2.05, 4.69) is 30.5 Å². The van der Waals surface area contributed by atoms with Crippen molar-refractivity contribution in [1.29, 1.82) is 0 Å². The van der Waals surface area contributed by atoms with Crippen LogP contribution in [0.15, 0.2) is 0 Å². The fourth-order valence-electron chi connectivity index (χ4n) is 2.04. The van der Waals surface area contributed by atoms with E-state index in [1.54, 1.807) is 0 Å². The number of aryl methyl sites for hydroxylation is 2. The lowest BCUT2D eigenvalue weighted by molar-refractivity contribution is 0.520. The Morgan fingerprint density at radius 1 is 1.44 bits per heavy atom. The molecule has 1 aromatic rings. The lowest BCUT2D eigenvalue weighted by Gasteiger charge is -2.18. The van der Waals surface area contributed by atoms with Gasteiger partial charge in [-0.05, 0) is 33.1 Å². The molecule has 1 unspecified atom stereocenters. The summed E-state index contributed by atoms with van der Waals surface area (Å²) >= 11 is 8.22. The molecule has 0 saturated carbocycles. The van der Waals surface area contributed by atoms with Gasteiger partial charge in [0.25, 0.3) is 0 Å². The van der Waals surface area contributed by atoms with Gasteiger partial charge in [-0.25, -0.2) is 0 Å². The normalized spacial score (nSPS) is 12.9. The molecule has 0 radical (unpaired) electrons. The van der Waals surface area contributed by atoms with Crippen LogP contribution in [0.5, 0.6) is 0 Å². The molecular weight excluding hydrogens is 266 g/mol. The zero-order valence-corrected chi connectivity index (χ0v) is 13.4. The van der Waals surface area contributed by atoms with Gasteiger partial charge in [-0.1, -0.05) is 18.5 Å². The van der Waals surface area contributed by atoms with Crippen LogP contribution in [-0.2, 0) is 13.0 Å². The molecule has 0 aliphatic carbocycles. The van der Waals surface area contributed by atoms with Gasteiger partial charge in [-0.3, -0.25) is 4.68 Å². The molecule has 1 aromatic heterocycles. The Morgan fingerprint density at radius 3 is 2.72 bits per heavy atom. The molecule has 0 aliphatic heterocycles. The topological polar surface area (TPSA) is 29.9 Å². The molecule has 1 atom stereocenters. The first kappa shape index (κ1) is 15.9. The van der Waals surface area contributed by atoms with Gasteiger partial charge < -0.3 is 5.32 Å². The molecule has 1 rings (SSSR count). The Balaban J connectivity index is 2.78. The summed E-state index contributed by atoms with van der Waals surface area (Å²) in [5.74, 6) is 1.10. The van der Waals surface area contributed by atoms with Crippen molar-refractivity contribution in [2.75, 3.05) is 18.6 Å². The minimum atomic E-state index is 0.471. The van der Waals surface area contributed by atoms with E-state index in [0.29, 0.717) is 6.04 Å². The van der Waals surface area contributed by atoms with Gasteiger partial charge in [0.2, 0.25) is 0 Å². The van der Waals surface area contributed by atoms with Crippen LogP contribution in [0.3, 0.4) is 0 Å². The number of hydrogen-bond acceptors (Lipinski definition) is 3. The molecule has 0 fully saturated rings. The Hall–Kier alpha value is -0.190. The second kappa shape index (κ2) is 8.08. The van der Waals surface area contributed by atoms with Gasteiger partial charge in [0.1, 0.15) is 0 Å². The second-order valence-electron chi connectivity index (χ2n) is 4.47.